The molecule has 3 nitrogen and oxygen atoms in total. The van der Waals surface area contributed by atoms with Crippen LogP contribution in [-0.2, 0) is 0 Å². The maximum absolute atomic E-state index is 13.5. The highest BCUT2D eigenvalue weighted by molar-refractivity contribution is 5.91. The largest absolute Gasteiger partial charge is 0.507 e. The van der Waals surface area contributed by atoms with Crippen molar-refractivity contribution in [2.24, 2.45) is 0 Å². The van der Waals surface area contributed by atoms with Gasteiger partial charge in [0.25, 0.3) is 0 Å². The second kappa shape index (κ2) is 4.25. The lowest BCUT2D eigenvalue weighted by Crippen LogP contribution is -1.96. The van der Waals surface area contributed by atoms with Gasteiger partial charge in [0.15, 0.2) is 0 Å². The van der Waals surface area contributed by atoms with E-state index in [-0.39, 0.29) is 11.3 Å². The molecule has 0 saturated carbocycles. The highest BCUT2D eigenvalue weighted by Gasteiger charge is 2.11. The molecule has 0 radical (unpaired) electrons. The van der Waals surface area contributed by atoms with Crippen LogP contribution >= 0.6 is 0 Å². The standard InChI is InChI=1S/C13H9FO3/c14-11-4-2-1-3-9(11)8-5-6-10(13(16)17)12(15)7-8/h1-7,15H,(H,16,17). The molecule has 0 heterocycles. The van der Waals surface area contributed by atoms with Gasteiger partial charge in [0.1, 0.15) is 17.1 Å². The molecule has 2 aromatic carbocycles. The first-order valence-corrected chi connectivity index (χ1v) is 4.91. The summed E-state index contributed by atoms with van der Waals surface area (Å²) in [6, 6.07) is 10.0. The number of aromatic hydroxyl groups is 1. The molecule has 2 aromatic rings. The van der Waals surface area contributed by atoms with Gasteiger partial charge in [-0.3, -0.25) is 0 Å². The highest BCUT2D eigenvalue weighted by atomic mass is 19.1. The van der Waals surface area contributed by atoms with E-state index < -0.39 is 11.8 Å². The minimum Gasteiger partial charge on any atom is -0.507 e. The summed E-state index contributed by atoms with van der Waals surface area (Å²) in [7, 11) is 0. The Hall–Kier alpha value is -2.36. The normalized spacial score (nSPS) is 10.2. The van der Waals surface area contributed by atoms with Gasteiger partial charge >= 0.3 is 5.97 Å². The molecule has 17 heavy (non-hydrogen) atoms. The average Bonchev–Trinajstić information content (AvgIpc) is 2.29. The monoisotopic (exact) mass is 232 g/mol. The van der Waals surface area contributed by atoms with Gasteiger partial charge in [-0.2, -0.15) is 0 Å². The number of halogens is 1. The van der Waals surface area contributed by atoms with E-state index in [1.54, 1.807) is 18.2 Å². The molecule has 0 saturated heterocycles. The van der Waals surface area contributed by atoms with E-state index in [1.807, 2.05) is 0 Å². The van der Waals surface area contributed by atoms with Crippen LogP contribution in [0.1, 0.15) is 10.4 Å². The van der Waals surface area contributed by atoms with Crippen molar-refractivity contribution >= 4 is 5.97 Å². The van der Waals surface area contributed by atoms with Crippen LogP contribution < -0.4 is 0 Å². The van der Waals surface area contributed by atoms with E-state index >= 15 is 0 Å². The molecule has 0 aliphatic rings. The minimum absolute atomic E-state index is 0.204. The van der Waals surface area contributed by atoms with E-state index in [4.69, 9.17) is 5.11 Å². The number of aromatic carboxylic acids is 1. The zero-order chi connectivity index (χ0) is 12.4. The van der Waals surface area contributed by atoms with Crippen molar-refractivity contribution in [3.8, 4) is 16.9 Å². The molecule has 0 unspecified atom stereocenters. The molecule has 0 aromatic heterocycles. The molecule has 0 fully saturated rings. The van der Waals surface area contributed by atoms with Gasteiger partial charge in [-0.25, -0.2) is 9.18 Å². The predicted octanol–water partition coefficient (Wildman–Crippen LogP) is 2.90. The maximum atomic E-state index is 13.5. The lowest BCUT2D eigenvalue weighted by molar-refractivity contribution is 0.0694. The molecule has 86 valence electrons. The van der Waals surface area contributed by atoms with Crippen LogP contribution in [0.15, 0.2) is 42.5 Å². The summed E-state index contributed by atoms with van der Waals surface area (Å²) in [4.78, 5) is 10.7. The van der Waals surface area contributed by atoms with Crippen LogP contribution in [0.2, 0.25) is 0 Å². The number of benzene rings is 2. The van der Waals surface area contributed by atoms with Gasteiger partial charge < -0.3 is 10.2 Å². The van der Waals surface area contributed by atoms with Crippen molar-refractivity contribution in [2.45, 2.75) is 0 Å². The van der Waals surface area contributed by atoms with E-state index in [9.17, 15) is 14.3 Å². The lowest BCUT2D eigenvalue weighted by atomic mass is 10.0. The SMILES string of the molecule is O=C(O)c1ccc(-c2ccccc2F)cc1O. The van der Waals surface area contributed by atoms with Crippen molar-refractivity contribution in [1.29, 1.82) is 0 Å². The van der Waals surface area contributed by atoms with Crippen molar-refractivity contribution in [3.63, 3.8) is 0 Å². The molecule has 2 rings (SSSR count). The Bertz CT molecular complexity index is 579. The van der Waals surface area contributed by atoms with Crippen molar-refractivity contribution < 1.29 is 19.4 Å². The Balaban J connectivity index is 2.52. The molecule has 0 aliphatic carbocycles. The Morgan fingerprint density at radius 3 is 2.41 bits per heavy atom. The van der Waals surface area contributed by atoms with E-state index in [0.717, 1.165) is 0 Å². The van der Waals surface area contributed by atoms with E-state index in [0.29, 0.717) is 11.1 Å². The first kappa shape index (κ1) is 11.1. The Labute approximate surface area is 96.8 Å². The molecule has 0 spiro atoms. The second-order valence-corrected chi connectivity index (χ2v) is 3.52. The number of rotatable bonds is 2. The summed E-state index contributed by atoms with van der Waals surface area (Å²) in [6.07, 6.45) is 0. The zero-order valence-corrected chi connectivity index (χ0v) is 8.72. The second-order valence-electron chi connectivity index (χ2n) is 3.52. The fraction of sp³-hybridized carbons (Fsp3) is 0. The van der Waals surface area contributed by atoms with Crippen molar-refractivity contribution in [3.05, 3.63) is 53.8 Å². The molecule has 2 N–H and O–H groups in total. The molecular weight excluding hydrogens is 223 g/mol. The summed E-state index contributed by atoms with van der Waals surface area (Å²) in [5.74, 6) is -2.02. The van der Waals surface area contributed by atoms with Crippen LogP contribution in [0, 0.1) is 5.82 Å². The number of carboxylic acids is 1. The van der Waals surface area contributed by atoms with Crippen molar-refractivity contribution in [1.82, 2.24) is 0 Å². The predicted molar refractivity (Wildman–Crippen MR) is 60.5 cm³/mol. The summed E-state index contributed by atoms with van der Waals surface area (Å²) < 4.78 is 13.5. The quantitative estimate of drug-likeness (QED) is 0.836. The minimum atomic E-state index is -1.22. The smallest absolute Gasteiger partial charge is 0.339 e. The van der Waals surface area contributed by atoms with Crippen LogP contribution in [-0.4, -0.2) is 16.2 Å². The van der Waals surface area contributed by atoms with Gasteiger partial charge in [-0.15, -0.1) is 0 Å². The molecule has 0 atom stereocenters. The molecule has 0 amide bonds. The number of hydrogen-bond donors (Lipinski definition) is 2. The average molecular weight is 232 g/mol. The van der Waals surface area contributed by atoms with Crippen LogP contribution in [0.25, 0.3) is 11.1 Å². The lowest BCUT2D eigenvalue weighted by Gasteiger charge is -2.05. The van der Waals surface area contributed by atoms with E-state index in [2.05, 4.69) is 0 Å². The number of carboxylic acid groups (broad SMARTS) is 1. The summed E-state index contributed by atoms with van der Waals surface area (Å²) >= 11 is 0. The third-order valence-corrected chi connectivity index (χ3v) is 2.41. The highest BCUT2D eigenvalue weighted by Crippen LogP contribution is 2.28. The fourth-order valence-corrected chi connectivity index (χ4v) is 1.58. The zero-order valence-electron chi connectivity index (χ0n) is 8.72. The van der Waals surface area contributed by atoms with Gasteiger partial charge in [-0.05, 0) is 23.8 Å². The van der Waals surface area contributed by atoms with Gasteiger partial charge in [0, 0.05) is 5.56 Å². The topological polar surface area (TPSA) is 57.5 Å². The molecule has 0 aliphatic heterocycles. The van der Waals surface area contributed by atoms with Gasteiger partial charge in [0.2, 0.25) is 0 Å². The fourth-order valence-electron chi connectivity index (χ4n) is 1.58. The van der Waals surface area contributed by atoms with Gasteiger partial charge in [0.05, 0.1) is 0 Å². The number of phenols is 1. The van der Waals surface area contributed by atoms with Crippen molar-refractivity contribution in [2.75, 3.05) is 0 Å². The third kappa shape index (κ3) is 2.10. The maximum Gasteiger partial charge on any atom is 0.339 e. The Morgan fingerprint density at radius 1 is 1.12 bits per heavy atom. The van der Waals surface area contributed by atoms with Crippen LogP contribution in [0.3, 0.4) is 0 Å². The Morgan fingerprint density at radius 2 is 1.82 bits per heavy atom. The Kier molecular flexibility index (Phi) is 2.78. The molecule has 0 bridgehead atoms. The number of hydrogen-bond acceptors (Lipinski definition) is 2. The summed E-state index contributed by atoms with van der Waals surface area (Å²) in [5.41, 5.74) is 0.551. The van der Waals surface area contributed by atoms with E-state index in [1.165, 1.54) is 24.3 Å². The first-order valence-electron chi connectivity index (χ1n) is 4.91. The molecule has 4 heteroatoms. The van der Waals surface area contributed by atoms with Crippen LogP contribution in [0.4, 0.5) is 4.39 Å². The first-order chi connectivity index (χ1) is 8.09. The summed E-state index contributed by atoms with van der Waals surface area (Å²) in [6.45, 7) is 0. The molecular formula is C13H9FO3. The van der Waals surface area contributed by atoms with Crippen LogP contribution in [0.5, 0.6) is 5.75 Å². The summed E-state index contributed by atoms with van der Waals surface area (Å²) in [5, 5.41) is 18.3. The number of carbonyl (C=O) groups is 1. The third-order valence-electron chi connectivity index (χ3n) is 2.41. The van der Waals surface area contributed by atoms with Gasteiger partial charge in [-0.1, -0.05) is 24.3 Å².